The second-order valence-corrected chi connectivity index (χ2v) is 9.27. The Balaban J connectivity index is 2.12. The topological polar surface area (TPSA) is 57.7 Å². The van der Waals surface area contributed by atoms with Gasteiger partial charge in [-0.3, -0.25) is 4.79 Å². The maximum atomic E-state index is 14.1. The summed E-state index contributed by atoms with van der Waals surface area (Å²) in [5.74, 6) is -1.92. The van der Waals surface area contributed by atoms with Crippen LogP contribution in [0.5, 0.6) is 0 Å². The van der Waals surface area contributed by atoms with Gasteiger partial charge in [0.25, 0.3) is 5.91 Å². The molecule has 1 aliphatic rings. The summed E-state index contributed by atoms with van der Waals surface area (Å²) in [6.07, 6.45) is 0.952. The van der Waals surface area contributed by atoms with Gasteiger partial charge >= 0.3 is 0 Å². The molecule has 0 aromatic heterocycles. The highest BCUT2D eigenvalue weighted by molar-refractivity contribution is 7.89. The van der Waals surface area contributed by atoms with Gasteiger partial charge < -0.3 is 4.90 Å². The number of aryl methyl sites for hydroxylation is 1. The third-order valence-electron chi connectivity index (χ3n) is 5.11. The van der Waals surface area contributed by atoms with Crippen LogP contribution in [0.25, 0.3) is 0 Å². The van der Waals surface area contributed by atoms with E-state index < -0.39 is 27.6 Å². The molecule has 0 bridgehead atoms. The Hall–Kier alpha value is -2.32. The fraction of sp³-hybridized carbons (Fsp3) is 0.350. The van der Waals surface area contributed by atoms with Crippen molar-refractivity contribution in [3.05, 3.63) is 58.2 Å². The smallest absolute Gasteiger partial charge is 0.258 e. The number of halogens is 2. The van der Waals surface area contributed by atoms with E-state index in [1.54, 1.807) is 19.9 Å². The van der Waals surface area contributed by atoms with Crippen molar-refractivity contribution in [1.82, 2.24) is 4.31 Å². The predicted octanol–water partition coefficient (Wildman–Crippen LogP) is 3.42. The second kappa shape index (κ2) is 7.25. The zero-order valence-electron chi connectivity index (χ0n) is 16.2. The Bertz CT molecular complexity index is 1070. The van der Waals surface area contributed by atoms with Crippen molar-refractivity contribution >= 4 is 21.6 Å². The molecule has 8 heteroatoms. The third kappa shape index (κ3) is 3.42. The monoisotopic (exact) mass is 408 g/mol. The number of carbonyl (C=O) groups is 1. The van der Waals surface area contributed by atoms with E-state index in [-0.39, 0.29) is 16.1 Å². The van der Waals surface area contributed by atoms with Crippen LogP contribution in [0.1, 0.15) is 33.5 Å². The molecule has 28 heavy (non-hydrogen) atoms. The van der Waals surface area contributed by atoms with Gasteiger partial charge in [-0.2, -0.15) is 0 Å². The van der Waals surface area contributed by atoms with Crippen LogP contribution in [0.4, 0.5) is 14.5 Å². The molecular formula is C20H22F2N2O3S. The molecule has 1 amide bonds. The van der Waals surface area contributed by atoms with Gasteiger partial charge in [0.1, 0.15) is 11.6 Å². The van der Waals surface area contributed by atoms with E-state index in [9.17, 15) is 22.0 Å². The quantitative estimate of drug-likeness (QED) is 0.782. The second-order valence-electron chi connectivity index (χ2n) is 7.15. The maximum absolute atomic E-state index is 14.1. The molecule has 0 saturated heterocycles. The molecule has 0 aliphatic carbocycles. The molecule has 5 nitrogen and oxygen atoms in total. The van der Waals surface area contributed by atoms with E-state index in [0.29, 0.717) is 36.1 Å². The molecule has 1 heterocycles. The molecule has 0 N–H and O–H groups in total. The SMILES string of the molecule is Cc1cc(C(=O)N2CCCc3c(F)cc(F)cc32)cc(S(=O)(=O)N(C)C)c1C. The predicted molar refractivity (Wildman–Crippen MR) is 103 cm³/mol. The van der Waals surface area contributed by atoms with E-state index >= 15 is 0 Å². The standard InChI is InChI=1S/C20H22F2N2O3S/c1-12-8-14(9-19(13(12)2)28(26,27)23(3)4)20(25)24-7-5-6-16-17(22)10-15(21)11-18(16)24/h8-11H,5-7H2,1-4H3. The Labute approximate surface area is 163 Å². The summed E-state index contributed by atoms with van der Waals surface area (Å²) < 4.78 is 54.3. The van der Waals surface area contributed by atoms with Crippen LogP contribution in [-0.4, -0.2) is 39.3 Å². The number of amides is 1. The van der Waals surface area contributed by atoms with Gasteiger partial charge in [0.15, 0.2) is 0 Å². The van der Waals surface area contributed by atoms with Gasteiger partial charge in [-0.05, 0) is 56.0 Å². The number of anilines is 1. The van der Waals surface area contributed by atoms with E-state index in [1.807, 2.05) is 0 Å². The summed E-state index contributed by atoms with van der Waals surface area (Å²) in [6.45, 7) is 3.71. The molecule has 0 radical (unpaired) electrons. The zero-order valence-corrected chi connectivity index (χ0v) is 17.0. The van der Waals surface area contributed by atoms with E-state index in [1.165, 1.54) is 25.1 Å². The molecule has 3 rings (SSSR count). The first-order valence-corrected chi connectivity index (χ1v) is 10.3. The number of carbonyl (C=O) groups excluding carboxylic acids is 1. The number of hydrogen-bond acceptors (Lipinski definition) is 3. The first-order valence-electron chi connectivity index (χ1n) is 8.87. The Morgan fingerprint density at radius 1 is 1.11 bits per heavy atom. The summed E-state index contributed by atoms with van der Waals surface area (Å²) in [5.41, 5.74) is 1.87. The molecule has 0 spiro atoms. The van der Waals surface area contributed by atoms with Crippen LogP contribution < -0.4 is 4.90 Å². The lowest BCUT2D eigenvalue weighted by Crippen LogP contribution is -2.36. The maximum Gasteiger partial charge on any atom is 0.258 e. The minimum atomic E-state index is -3.75. The zero-order chi connectivity index (χ0) is 20.8. The van der Waals surface area contributed by atoms with Crippen molar-refractivity contribution < 1.29 is 22.0 Å². The van der Waals surface area contributed by atoms with Crippen LogP contribution in [0, 0.1) is 25.5 Å². The van der Waals surface area contributed by atoms with Crippen molar-refractivity contribution in [2.45, 2.75) is 31.6 Å². The normalized spacial score (nSPS) is 14.3. The largest absolute Gasteiger partial charge is 0.308 e. The van der Waals surface area contributed by atoms with E-state index in [2.05, 4.69) is 0 Å². The van der Waals surface area contributed by atoms with E-state index in [0.717, 1.165) is 16.4 Å². The van der Waals surface area contributed by atoms with Crippen LogP contribution in [0.3, 0.4) is 0 Å². The molecule has 1 aliphatic heterocycles. The van der Waals surface area contributed by atoms with Gasteiger partial charge in [-0.15, -0.1) is 0 Å². The molecule has 0 fully saturated rings. The Kier molecular flexibility index (Phi) is 5.29. The van der Waals surface area contributed by atoms with Crippen molar-refractivity contribution in [2.75, 3.05) is 25.5 Å². The van der Waals surface area contributed by atoms with Crippen LogP contribution in [0.15, 0.2) is 29.2 Å². The average molecular weight is 408 g/mol. The first kappa shape index (κ1) is 20.4. The molecule has 150 valence electrons. The summed E-state index contributed by atoms with van der Waals surface area (Å²) in [6, 6.07) is 4.90. The van der Waals surface area contributed by atoms with Crippen molar-refractivity contribution in [2.24, 2.45) is 0 Å². The fourth-order valence-electron chi connectivity index (χ4n) is 3.39. The lowest BCUT2D eigenvalue weighted by atomic mass is 9.99. The first-order chi connectivity index (χ1) is 13.0. The van der Waals surface area contributed by atoms with Crippen molar-refractivity contribution in [3.63, 3.8) is 0 Å². The van der Waals surface area contributed by atoms with Gasteiger partial charge in [-0.1, -0.05) is 0 Å². The number of benzene rings is 2. The number of fused-ring (bicyclic) bond motifs is 1. The highest BCUT2D eigenvalue weighted by atomic mass is 32.2. The van der Waals surface area contributed by atoms with Gasteiger partial charge in [0, 0.05) is 37.8 Å². The molecule has 0 atom stereocenters. The highest BCUT2D eigenvalue weighted by Gasteiger charge is 2.29. The molecule has 0 unspecified atom stereocenters. The Morgan fingerprint density at radius 2 is 1.79 bits per heavy atom. The Morgan fingerprint density at radius 3 is 2.43 bits per heavy atom. The average Bonchev–Trinajstić information content (AvgIpc) is 2.62. The van der Waals surface area contributed by atoms with Crippen LogP contribution >= 0.6 is 0 Å². The van der Waals surface area contributed by atoms with Crippen LogP contribution in [0.2, 0.25) is 0 Å². The van der Waals surface area contributed by atoms with Gasteiger partial charge in [-0.25, -0.2) is 21.5 Å². The molecule has 2 aromatic rings. The van der Waals surface area contributed by atoms with Crippen molar-refractivity contribution in [1.29, 1.82) is 0 Å². The summed E-state index contributed by atoms with van der Waals surface area (Å²) in [5, 5.41) is 0. The molecule has 2 aromatic carbocycles. The highest BCUT2D eigenvalue weighted by Crippen LogP contribution is 2.32. The number of sulfonamides is 1. The lowest BCUT2D eigenvalue weighted by Gasteiger charge is -2.30. The lowest BCUT2D eigenvalue weighted by molar-refractivity contribution is 0.0984. The van der Waals surface area contributed by atoms with Gasteiger partial charge in [0.05, 0.1) is 10.6 Å². The van der Waals surface area contributed by atoms with Gasteiger partial charge in [0.2, 0.25) is 10.0 Å². The molecular weight excluding hydrogens is 386 g/mol. The minimum absolute atomic E-state index is 0.0449. The molecule has 0 saturated carbocycles. The number of nitrogens with zero attached hydrogens (tertiary/aromatic N) is 2. The third-order valence-corrected chi connectivity index (χ3v) is 7.05. The fourth-order valence-corrected chi connectivity index (χ4v) is 4.61. The van der Waals surface area contributed by atoms with Crippen molar-refractivity contribution in [3.8, 4) is 0 Å². The minimum Gasteiger partial charge on any atom is -0.308 e. The summed E-state index contributed by atoms with van der Waals surface area (Å²) in [7, 11) is -0.905. The van der Waals surface area contributed by atoms with Crippen LogP contribution in [-0.2, 0) is 16.4 Å². The number of rotatable bonds is 3. The number of hydrogen-bond donors (Lipinski definition) is 0. The summed E-state index contributed by atoms with van der Waals surface area (Å²) in [4.78, 5) is 14.5. The summed E-state index contributed by atoms with van der Waals surface area (Å²) >= 11 is 0. The van der Waals surface area contributed by atoms with E-state index in [4.69, 9.17) is 0 Å².